The standard InChI is InChI=1S/C12H9FN2O3/c1-18-12-6-8(4-5-14-12)10-7-9(15(16)17)2-3-11(10)13/h2-7H,1H3. The summed E-state index contributed by atoms with van der Waals surface area (Å²) >= 11 is 0. The van der Waals surface area contributed by atoms with E-state index in [1.807, 2.05) is 0 Å². The predicted molar refractivity (Wildman–Crippen MR) is 62.8 cm³/mol. The van der Waals surface area contributed by atoms with Gasteiger partial charge in [-0.2, -0.15) is 0 Å². The number of ether oxygens (including phenoxy) is 1. The Hall–Kier alpha value is -2.50. The summed E-state index contributed by atoms with van der Waals surface area (Å²) in [5.74, 6) is -0.216. The molecule has 0 fully saturated rings. The van der Waals surface area contributed by atoms with Crippen LogP contribution in [0.4, 0.5) is 10.1 Å². The summed E-state index contributed by atoms with van der Waals surface area (Å²) in [7, 11) is 1.44. The van der Waals surface area contributed by atoms with Crippen LogP contribution >= 0.6 is 0 Å². The van der Waals surface area contributed by atoms with Crippen LogP contribution in [0, 0.1) is 15.9 Å². The molecule has 0 spiro atoms. The van der Waals surface area contributed by atoms with E-state index in [1.165, 1.54) is 25.4 Å². The molecular formula is C12H9FN2O3. The first kappa shape index (κ1) is 12.0. The summed E-state index contributed by atoms with van der Waals surface area (Å²) in [6.07, 6.45) is 1.45. The van der Waals surface area contributed by atoms with Crippen LogP contribution in [0.25, 0.3) is 11.1 Å². The molecule has 1 aromatic heterocycles. The Morgan fingerprint density at radius 2 is 2.11 bits per heavy atom. The molecule has 0 bridgehead atoms. The van der Waals surface area contributed by atoms with Gasteiger partial charge in [0.1, 0.15) is 5.82 Å². The number of pyridine rings is 1. The highest BCUT2D eigenvalue weighted by Crippen LogP contribution is 2.28. The molecular weight excluding hydrogens is 239 g/mol. The Labute approximate surface area is 102 Å². The summed E-state index contributed by atoms with van der Waals surface area (Å²) in [6.45, 7) is 0. The third-order valence-electron chi connectivity index (χ3n) is 2.42. The van der Waals surface area contributed by atoms with E-state index in [4.69, 9.17) is 4.74 Å². The maximum atomic E-state index is 13.7. The molecule has 0 radical (unpaired) electrons. The second-order valence-electron chi connectivity index (χ2n) is 3.51. The lowest BCUT2D eigenvalue weighted by atomic mass is 10.1. The van der Waals surface area contributed by atoms with Crippen molar-refractivity contribution in [3.05, 3.63) is 52.5 Å². The first-order valence-corrected chi connectivity index (χ1v) is 5.06. The largest absolute Gasteiger partial charge is 0.481 e. The van der Waals surface area contributed by atoms with Gasteiger partial charge < -0.3 is 4.74 Å². The van der Waals surface area contributed by atoms with E-state index in [9.17, 15) is 14.5 Å². The summed E-state index contributed by atoms with van der Waals surface area (Å²) in [4.78, 5) is 14.0. The number of hydrogen-bond donors (Lipinski definition) is 0. The molecule has 0 amide bonds. The number of benzene rings is 1. The molecule has 0 unspecified atom stereocenters. The van der Waals surface area contributed by atoms with Crippen LogP contribution < -0.4 is 4.74 Å². The van der Waals surface area contributed by atoms with Crippen molar-refractivity contribution in [2.45, 2.75) is 0 Å². The molecule has 1 aromatic carbocycles. The maximum Gasteiger partial charge on any atom is 0.270 e. The van der Waals surface area contributed by atoms with Crippen molar-refractivity contribution >= 4 is 5.69 Å². The Bertz CT molecular complexity index is 602. The van der Waals surface area contributed by atoms with Crippen LogP contribution in [0.3, 0.4) is 0 Å². The fourth-order valence-corrected chi connectivity index (χ4v) is 1.54. The first-order chi connectivity index (χ1) is 8.61. The van der Waals surface area contributed by atoms with Crippen LogP contribution in [-0.2, 0) is 0 Å². The Balaban J connectivity index is 2.54. The van der Waals surface area contributed by atoms with Gasteiger partial charge in [-0.25, -0.2) is 9.37 Å². The van der Waals surface area contributed by atoms with Gasteiger partial charge >= 0.3 is 0 Å². The van der Waals surface area contributed by atoms with Crippen LogP contribution in [0.5, 0.6) is 5.88 Å². The van der Waals surface area contributed by atoms with Gasteiger partial charge in [-0.1, -0.05) is 0 Å². The number of nitro benzene ring substituents is 1. The van der Waals surface area contributed by atoms with Gasteiger partial charge in [0.2, 0.25) is 5.88 Å². The number of nitro groups is 1. The highest BCUT2D eigenvalue weighted by Gasteiger charge is 2.12. The molecule has 5 nitrogen and oxygen atoms in total. The van der Waals surface area contributed by atoms with E-state index in [1.54, 1.807) is 6.07 Å². The quantitative estimate of drug-likeness (QED) is 0.618. The van der Waals surface area contributed by atoms with E-state index in [0.29, 0.717) is 11.4 Å². The lowest BCUT2D eigenvalue weighted by Gasteiger charge is -2.05. The fraction of sp³-hybridized carbons (Fsp3) is 0.0833. The van der Waals surface area contributed by atoms with E-state index < -0.39 is 10.7 Å². The Morgan fingerprint density at radius 3 is 2.78 bits per heavy atom. The molecule has 2 aromatic rings. The predicted octanol–water partition coefficient (Wildman–Crippen LogP) is 2.80. The molecule has 0 aliphatic carbocycles. The van der Waals surface area contributed by atoms with Crippen LogP contribution in [0.15, 0.2) is 36.5 Å². The topological polar surface area (TPSA) is 65.3 Å². The van der Waals surface area contributed by atoms with Gasteiger partial charge in [-0.3, -0.25) is 10.1 Å². The number of rotatable bonds is 3. The average molecular weight is 248 g/mol. The zero-order valence-corrected chi connectivity index (χ0v) is 9.46. The second-order valence-corrected chi connectivity index (χ2v) is 3.51. The molecule has 0 N–H and O–H groups in total. The van der Waals surface area contributed by atoms with Gasteiger partial charge in [0.05, 0.1) is 12.0 Å². The minimum absolute atomic E-state index is 0.143. The minimum Gasteiger partial charge on any atom is -0.481 e. The number of aromatic nitrogens is 1. The molecule has 2 rings (SSSR count). The number of hydrogen-bond acceptors (Lipinski definition) is 4. The van der Waals surface area contributed by atoms with Crippen molar-refractivity contribution in [1.29, 1.82) is 0 Å². The van der Waals surface area contributed by atoms with Gasteiger partial charge in [-0.15, -0.1) is 0 Å². The Kier molecular flexibility index (Phi) is 3.18. The van der Waals surface area contributed by atoms with Crippen molar-refractivity contribution < 1.29 is 14.1 Å². The van der Waals surface area contributed by atoms with E-state index >= 15 is 0 Å². The molecule has 0 saturated carbocycles. The maximum absolute atomic E-state index is 13.7. The van der Waals surface area contributed by atoms with Crippen molar-refractivity contribution in [2.24, 2.45) is 0 Å². The van der Waals surface area contributed by atoms with Crippen molar-refractivity contribution in [3.8, 4) is 17.0 Å². The summed E-state index contributed by atoms with van der Waals surface area (Å²) in [6, 6.07) is 6.45. The summed E-state index contributed by atoms with van der Waals surface area (Å²) in [5.41, 5.74) is 0.454. The van der Waals surface area contributed by atoms with Gasteiger partial charge in [0, 0.05) is 30.0 Å². The minimum atomic E-state index is -0.568. The lowest BCUT2D eigenvalue weighted by Crippen LogP contribution is -1.92. The Morgan fingerprint density at radius 1 is 1.33 bits per heavy atom. The zero-order chi connectivity index (χ0) is 13.1. The first-order valence-electron chi connectivity index (χ1n) is 5.06. The number of methoxy groups -OCH3 is 1. The smallest absolute Gasteiger partial charge is 0.270 e. The number of nitrogens with zero attached hydrogens (tertiary/aromatic N) is 2. The van der Waals surface area contributed by atoms with Gasteiger partial charge in [0.25, 0.3) is 5.69 Å². The third kappa shape index (κ3) is 2.27. The molecule has 0 aliphatic rings. The van der Waals surface area contributed by atoms with E-state index in [0.717, 1.165) is 12.1 Å². The van der Waals surface area contributed by atoms with Crippen LogP contribution in [-0.4, -0.2) is 17.0 Å². The number of non-ortho nitro benzene ring substituents is 1. The summed E-state index contributed by atoms with van der Waals surface area (Å²) in [5, 5.41) is 10.7. The van der Waals surface area contributed by atoms with Crippen LogP contribution in [0.2, 0.25) is 0 Å². The molecule has 1 heterocycles. The van der Waals surface area contributed by atoms with Crippen molar-refractivity contribution in [3.63, 3.8) is 0 Å². The van der Waals surface area contributed by atoms with Crippen molar-refractivity contribution in [1.82, 2.24) is 4.98 Å². The average Bonchev–Trinajstić information content (AvgIpc) is 2.39. The third-order valence-corrected chi connectivity index (χ3v) is 2.42. The van der Waals surface area contributed by atoms with E-state index in [-0.39, 0.29) is 11.3 Å². The number of halogens is 1. The van der Waals surface area contributed by atoms with Gasteiger partial charge in [-0.05, 0) is 17.7 Å². The zero-order valence-electron chi connectivity index (χ0n) is 9.46. The SMILES string of the molecule is COc1cc(-c2cc([N+](=O)[O-])ccc2F)ccn1. The molecule has 6 heteroatoms. The summed E-state index contributed by atoms with van der Waals surface area (Å²) < 4.78 is 18.6. The fourth-order valence-electron chi connectivity index (χ4n) is 1.54. The molecule has 18 heavy (non-hydrogen) atoms. The monoisotopic (exact) mass is 248 g/mol. The second kappa shape index (κ2) is 4.79. The molecule has 0 saturated heterocycles. The highest BCUT2D eigenvalue weighted by atomic mass is 19.1. The van der Waals surface area contributed by atoms with E-state index in [2.05, 4.69) is 4.98 Å². The van der Waals surface area contributed by atoms with Gasteiger partial charge in [0.15, 0.2) is 0 Å². The van der Waals surface area contributed by atoms with Crippen LogP contribution in [0.1, 0.15) is 0 Å². The molecule has 0 aliphatic heterocycles. The molecule has 0 atom stereocenters. The highest BCUT2D eigenvalue weighted by molar-refractivity contribution is 5.67. The normalized spacial score (nSPS) is 10.1. The van der Waals surface area contributed by atoms with Crippen molar-refractivity contribution in [2.75, 3.05) is 7.11 Å². The lowest BCUT2D eigenvalue weighted by molar-refractivity contribution is -0.384. The molecule has 92 valence electrons.